The molecule has 6 nitrogen and oxygen atoms in total. The summed E-state index contributed by atoms with van der Waals surface area (Å²) < 4.78 is 22.4. The van der Waals surface area contributed by atoms with Crippen LogP contribution in [0.2, 0.25) is 0 Å². The smallest absolute Gasteiger partial charge is 0.251 e. The molecule has 0 radical (unpaired) electrons. The number of benzene rings is 2. The van der Waals surface area contributed by atoms with Gasteiger partial charge < -0.3 is 10.2 Å². The number of hydrogen-bond acceptors (Lipinski definition) is 4. The highest BCUT2D eigenvalue weighted by Crippen LogP contribution is 2.12. The lowest BCUT2D eigenvalue weighted by Gasteiger charge is -2.12. The standard InChI is InChI=1S/C17H21N3O3S/c1-20(2)15-7-5-14(6-8-15)17(21)19-12-11-13-3-9-16(10-4-13)24(18,22)23/h3-10H,11-12H2,1-2H3,(H,19,21)(H2,18,22,23). The van der Waals surface area contributed by atoms with E-state index in [1.54, 1.807) is 24.3 Å². The van der Waals surface area contributed by atoms with Crippen LogP contribution in [0.3, 0.4) is 0 Å². The van der Waals surface area contributed by atoms with E-state index in [4.69, 9.17) is 5.14 Å². The van der Waals surface area contributed by atoms with E-state index >= 15 is 0 Å². The molecule has 2 aromatic rings. The average Bonchev–Trinajstić information content (AvgIpc) is 2.54. The van der Waals surface area contributed by atoms with Gasteiger partial charge in [0.15, 0.2) is 0 Å². The van der Waals surface area contributed by atoms with E-state index in [1.165, 1.54) is 12.1 Å². The second-order valence-corrected chi connectivity index (χ2v) is 7.20. The molecule has 128 valence electrons. The monoisotopic (exact) mass is 347 g/mol. The zero-order chi connectivity index (χ0) is 17.7. The number of carbonyl (C=O) groups is 1. The molecule has 3 N–H and O–H groups in total. The molecule has 0 heterocycles. The fourth-order valence-electron chi connectivity index (χ4n) is 2.18. The number of carbonyl (C=O) groups excluding carboxylic acids is 1. The predicted molar refractivity (Wildman–Crippen MR) is 94.6 cm³/mol. The summed E-state index contributed by atoms with van der Waals surface area (Å²) in [6.45, 7) is 0.461. The Bertz CT molecular complexity index is 798. The van der Waals surface area contributed by atoms with Crippen molar-refractivity contribution in [1.29, 1.82) is 0 Å². The molecule has 0 saturated carbocycles. The van der Waals surface area contributed by atoms with Gasteiger partial charge in [0.2, 0.25) is 10.0 Å². The first kappa shape index (κ1) is 18.0. The maximum absolute atomic E-state index is 12.1. The SMILES string of the molecule is CN(C)c1ccc(C(=O)NCCc2ccc(S(N)(=O)=O)cc2)cc1. The summed E-state index contributed by atoms with van der Waals surface area (Å²) in [6.07, 6.45) is 0.604. The molecule has 2 aromatic carbocycles. The molecule has 0 aromatic heterocycles. The molecule has 0 aliphatic heterocycles. The first-order valence-electron chi connectivity index (χ1n) is 7.45. The van der Waals surface area contributed by atoms with Crippen molar-refractivity contribution in [1.82, 2.24) is 5.32 Å². The lowest BCUT2D eigenvalue weighted by atomic mass is 10.1. The first-order chi connectivity index (χ1) is 11.3. The number of amides is 1. The molecule has 0 aliphatic carbocycles. The van der Waals surface area contributed by atoms with Crippen LogP contribution in [0, 0.1) is 0 Å². The third-order valence-electron chi connectivity index (χ3n) is 3.60. The van der Waals surface area contributed by atoms with Gasteiger partial charge in [0, 0.05) is 31.9 Å². The van der Waals surface area contributed by atoms with Crippen LogP contribution < -0.4 is 15.4 Å². The quantitative estimate of drug-likeness (QED) is 0.825. The van der Waals surface area contributed by atoms with Gasteiger partial charge >= 0.3 is 0 Å². The summed E-state index contributed by atoms with van der Waals surface area (Å²) in [6, 6.07) is 13.7. The molecule has 1 amide bonds. The van der Waals surface area contributed by atoms with Gasteiger partial charge in [0.25, 0.3) is 5.91 Å². The van der Waals surface area contributed by atoms with Crippen LogP contribution in [-0.2, 0) is 16.4 Å². The van der Waals surface area contributed by atoms with Gasteiger partial charge in [-0.2, -0.15) is 0 Å². The normalized spacial score (nSPS) is 11.1. The fraction of sp³-hybridized carbons (Fsp3) is 0.235. The number of sulfonamides is 1. The Balaban J connectivity index is 1.88. The summed E-state index contributed by atoms with van der Waals surface area (Å²) >= 11 is 0. The van der Waals surface area contributed by atoms with Crippen LogP contribution in [0.25, 0.3) is 0 Å². The van der Waals surface area contributed by atoms with Gasteiger partial charge in [-0.1, -0.05) is 12.1 Å². The lowest BCUT2D eigenvalue weighted by Crippen LogP contribution is -2.25. The maximum atomic E-state index is 12.1. The number of nitrogens with zero attached hydrogens (tertiary/aromatic N) is 1. The van der Waals surface area contributed by atoms with E-state index in [0.29, 0.717) is 18.5 Å². The van der Waals surface area contributed by atoms with Crippen LogP contribution in [0.15, 0.2) is 53.4 Å². The summed E-state index contributed by atoms with van der Waals surface area (Å²) in [5.74, 6) is -0.138. The molecule has 0 spiro atoms. The van der Waals surface area contributed by atoms with Crippen molar-refractivity contribution in [2.75, 3.05) is 25.5 Å². The second-order valence-electron chi connectivity index (χ2n) is 5.64. The van der Waals surface area contributed by atoms with E-state index in [0.717, 1.165) is 11.3 Å². The van der Waals surface area contributed by atoms with Crippen molar-refractivity contribution in [3.8, 4) is 0 Å². The number of nitrogens with two attached hydrogens (primary N) is 1. The molecule has 0 fully saturated rings. The third kappa shape index (κ3) is 4.81. The third-order valence-corrected chi connectivity index (χ3v) is 4.53. The van der Waals surface area contributed by atoms with E-state index in [9.17, 15) is 13.2 Å². The Hall–Kier alpha value is -2.38. The van der Waals surface area contributed by atoms with Crippen molar-refractivity contribution in [3.05, 3.63) is 59.7 Å². The minimum absolute atomic E-state index is 0.0799. The summed E-state index contributed by atoms with van der Waals surface area (Å²) in [7, 11) is 0.209. The molecule has 2 rings (SSSR count). The topological polar surface area (TPSA) is 92.5 Å². The van der Waals surface area contributed by atoms with E-state index in [2.05, 4.69) is 5.32 Å². The lowest BCUT2D eigenvalue weighted by molar-refractivity contribution is 0.0954. The van der Waals surface area contributed by atoms with Crippen LogP contribution in [0.5, 0.6) is 0 Å². The van der Waals surface area contributed by atoms with Gasteiger partial charge in [-0.3, -0.25) is 4.79 Å². The highest BCUT2D eigenvalue weighted by Gasteiger charge is 2.08. The van der Waals surface area contributed by atoms with Gasteiger partial charge in [0.1, 0.15) is 0 Å². The van der Waals surface area contributed by atoms with Crippen LogP contribution in [0.1, 0.15) is 15.9 Å². The molecule has 0 aliphatic rings. The van der Waals surface area contributed by atoms with E-state index in [1.807, 2.05) is 31.1 Å². The zero-order valence-corrected chi connectivity index (χ0v) is 14.5. The van der Waals surface area contributed by atoms with Crippen molar-refractivity contribution in [3.63, 3.8) is 0 Å². The Morgan fingerprint density at radius 2 is 1.62 bits per heavy atom. The Labute approximate surface area is 142 Å². The number of nitrogens with one attached hydrogen (secondary N) is 1. The minimum atomic E-state index is -3.67. The Morgan fingerprint density at radius 3 is 2.12 bits per heavy atom. The molecule has 0 bridgehead atoms. The number of hydrogen-bond donors (Lipinski definition) is 2. The average molecular weight is 347 g/mol. The minimum Gasteiger partial charge on any atom is -0.378 e. The summed E-state index contributed by atoms with van der Waals surface area (Å²) in [5, 5.41) is 7.90. The number of anilines is 1. The van der Waals surface area contributed by atoms with Crippen LogP contribution in [-0.4, -0.2) is 35.0 Å². The second kappa shape index (κ2) is 7.46. The van der Waals surface area contributed by atoms with E-state index < -0.39 is 10.0 Å². The summed E-state index contributed by atoms with van der Waals surface area (Å²) in [5.41, 5.74) is 2.55. The van der Waals surface area contributed by atoms with Crippen molar-refractivity contribution in [2.45, 2.75) is 11.3 Å². The van der Waals surface area contributed by atoms with Gasteiger partial charge in [-0.15, -0.1) is 0 Å². The maximum Gasteiger partial charge on any atom is 0.251 e. The summed E-state index contributed by atoms with van der Waals surface area (Å²) in [4.78, 5) is 14.1. The molecule has 0 atom stereocenters. The number of primary sulfonamides is 1. The zero-order valence-electron chi connectivity index (χ0n) is 13.7. The molecule has 0 saturated heterocycles. The molecular weight excluding hydrogens is 326 g/mol. The molecule has 24 heavy (non-hydrogen) atoms. The largest absolute Gasteiger partial charge is 0.378 e. The fourth-order valence-corrected chi connectivity index (χ4v) is 2.69. The molecule has 0 unspecified atom stereocenters. The van der Waals surface area contributed by atoms with E-state index in [-0.39, 0.29) is 10.8 Å². The molecule has 7 heteroatoms. The Kier molecular flexibility index (Phi) is 5.58. The highest BCUT2D eigenvalue weighted by molar-refractivity contribution is 7.89. The van der Waals surface area contributed by atoms with Crippen molar-refractivity contribution < 1.29 is 13.2 Å². The van der Waals surface area contributed by atoms with Gasteiger partial charge in [-0.25, -0.2) is 13.6 Å². The first-order valence-corrected chi connectivity index (χ1v) is 8.99. The molecular formula is C17H21N3O3S. The highest BCUT2D eigenvalue weighted by atomic mass is 32.2. The predicted octanol–water partition coefficient (Wildman–Crippen LogP) is 1.37. The van der Waals surface area contributed by atoms with Crippen molar-refractivity contribution >= 4 is 21.6 Å². The Morgan fingerprint density at radius 1 is 1.04 bits per heavy atom. The van der Waals surface area contributed by atoms with Crippen molar-refractivity contribution in [2.24, 2.45) is 5.14 Å². The van der Waals surface area contributed by atoms with Crippen LogP contribution in [0.4, 0.5) is 5.69 Å². The van der Waals surface area contributed by atoms with Gasteiger partial charge in [-0.05, 0) is 48.4 Å². The van der Waals surface area contributed by atoms with Gasteiger partial charge in [0.05, 0.1) is 4.90 Å². The number of rotatable bonds is 6. The van der Waals surface area contributed by atoms with Crippen LogP contribution >= 0.6 is 0 Å².